The van der Waals surface area contributed by atoms with Crippen LogP contribution in [0.4, 0.5) is 0 Å². The molecule has 0 amide bonds. The number of hydrogen-bond donors (Lipinski definition) is 2. The topological polar surface area (TPSA) is 46.2 Å². The van der Waals surface area contributed by atoms with Crippen molar-refractivity contribution < 1.29 is 5.11 Å². The highest BCUT2D eigenvalue weighted by molar-refractivity contribution is 5.07. The fraction of sp³-hybridized carbons (Fsp3) is 0.500. The Labute approximate surface area is 62.0 Å². The first-order chi connectivity index (χ1) is 4.46. The molecule has 2 unspecified atom stereocenters. The largest absolute Gasteiger partial charge is 0.402 e. The Bertz CT molecular complexity index is 133. The van der Waals surface area contributed by atoms with Gasteiger partial charge in [-0.25, -0.2) is 0 Å². The van der Waals surface area contributed by atoms with Gasteiger partial charge in [0, 0.05) is 11.6 Å². The molecule has 0 aromatic heterocycles. The summed E-state index contributed by atoms with van der Waals surface area (Å²) >= 11 is 0. The molecule has 2 atom stereocenters. The van der Waals surface area contributed by atoms with E-state index in [1.54, 1.807) is 6.92 Å². The van der Waals surface area contributed by atoms with Gasteiger partial charge in [-0.3, -0.25) is 0 Å². The second-order valence-corrected chi connectivity index (χ2v) is 2.65. The maximum atomic E-state index is 9.32. The van der Waals surface area contributed by atoms with E-state index in [4.69, 9.17) is 5.73 Å². The van der Waals surface area contributed by atoms with Gasteiger partial charge in [0.25, 0.3) is 0 Å². The predicted molar refractivity (Wildman–Crippen MR) is 43.3 cm³/mol. The Hall–Kier alpha value is -0.760. The summed E-state index contributed by atoms with van der Waals surface area (Å²) < 4.78 is 0. The minimum Gasteiger partial charge on any atom is -0.402 e. The van der Waals surface area contributed by atoms with E-state index in [9.17, 15) is 5.11 Å². The van der Waals surface area contributed by atoms with Crippen LogP contribution in [0.15, 0.2) is 24.4 Å². The molecule has 3 N–H and O–H groups in total. The quantitative estimate of drug-likeness (QED) is 0.577. The molecule has 10 heavy (non-hydrogen) atoms. The summed E-state index contributed by atoms with van der Waals surface area (Å²) in [5.74, 6) is -0.0995. The van der Waals surface area contributed by atoms with Gasteiger partial charge in [0.1, 0.15) is 0 Å². The van der Waals surface area contributed by atoms with Crippen LogP contribution in [-0.4, -0.2) is 11.2 Å². The van der Waals surface area contributed by atoms with Crippen LogP contribution < -0.4 is 5.73 Å². The van der Waals surface area contributed by atoms with Gasteiger partial charge < -0.3 is 10.8 Å². The highest BCUT2D eigenvalue weighted by Gasteiger charge is 2.14. The molecular weight excluding hydrogens is 126 g/mol. The van der Waals surface area contributed by atoms with Crippen molar-refractivity contribution in [1.29, 1.82) is 0 Å². The van der Waals surface area contributed by atoms with E-state index < -0.39 is 6.10 Å². The molecule has 0 aromatic carbocycles. The normalized spacial score (nSPS) is 15.9. The van der Waals surface area contributed by atoms with Crippen molar-refractivity contribution in [3.05, 3.63) is 24.4 Å². The summed E-state index contributed by atoms with van der Waals surface area (Å²) in [4.78, 5) is 0. The van der Waals surface area contributed by atoms with Crippen molar-refractivity contribution in [2.24, 2.45) is 11.7 Å². The van der Waals surface area contributed by atoms with E-state index >= 15 is 0 Å². The third kappa shape index (κ3) is 2.23. The average Bonchev–Trinajstić information content (AvgIpc) is 1.84. The van der Waals surface area contributed by atoms with Crippen molar-refractivity contribution in [2.75, 3.05) is 0 Å². The lowest BCUT2D eigenvalue weighted by atomic mass is 9.97. The number of hydrogen-bond acceptors (Lipinski definition) is 2. The van der Waals surface area contributed by atoms with Crippen molar-refractivity contribution in [3.63, 3.8) is 0 Å². The van der Waals surface area contributed by atoms with Gasteiger partial charge >= 0.3 is 0 Å². The van der Waals surface area contributed by atoms with E-state index in [-0.39, 0.29) is 5.92 Å². The molecule has 0 aromatic rings. The van der Waals surface area contributed by atoms with Crippen molar-refractivity contribution in [1.82, 2.24) is 0 Å². The third-order valence-electron chi connectivity index (χ3n) is 1.56. The SMILES string of the molecule is C=C(N)C(C)C(O)C(=C)C. The Balaban J connectivity index is 4.07. The number of aliphatic hydroxyl groups excluding tert-OH is 1. The molecule has 0 heterocycles. The number of rotatable bonds is 3. The molecule has 58 valence electrons. The summed E-state index contributed by atoms with van der Waals surface area (Å²) in [5, 5.41) is 9.32. The highest BCUT2D eigenvalue weighted by Crippen LogP contribution is 2.13. The number of nitrogens with two attached hydrogens (primary N) is 1. The maximum Gasteiger partial charge on any atom is 0.0824 e. The second-order valence-electron chi connectivity index (χ2n) is 2.65. The van der Waals surface area contributed by atoms with Gasteiger partial charge in [-0.1, -0.05) is 25.7 Å². The lowest BCUT2D eigenvalue weighted by Gasteiger charge is -2.18. The molecular formula is C8H15NO. The molecule has 0 saturated carbocycles. The summed E-state index contributed by atoms with van der Waals surface area (Å²) in [6, 6.07) is 0. The van der Waals surface area contributed by atoms with E-state index in [1.165, 1.54) is 0 Å². The fourth-order valence-corrected chi connectivity index (χ4v) is 0.630. The summed E-state index contributed by atoms with van der Waals surface area (Å²) in [6.07, 6.45) is -0.558. The minimum absolute atomic E-state index is 0.0995. The van der Waals surface area contributed by atoms with Gasteiger partial charge in [-0.2, -0.15) is 0 Å². The van der Waals surface area contributed by atoms with E-state index in [1.807, 2.05) is 6.92 Å². The van der Waals surface area contributed by atoms with Crippen molar-refractivity contribution in [3.8, 4) is 0 Å². The van der Waals surface area contributed by atoms with Crippen LogP contribution in [0.5, 0.6) is 0 Å². The lowest BCUT2D eigenvalue weighted by Crippen LogP contribution is -2.23. The van der Waals surface area contributed by atoms with Crippen LogP contribution in [-0.2, 0) is 0 Å². The lowest BCUT2D eigenvalue weighted by molar-refractivity contribution is 0.168. The predicted octanol–water partition coefficient (Wildman–Crippen LogP) is 1.03. The van der Waals surface area contributed by atoms with Crippen LogP contribution in [0.25, 0.3) is 0 Å². The molecule has 0 fully saturated rings. The van der Waals surface area contributed by atoms with E-state index in [0.29, 0.717) is 5.70 Å². The van der Waals surface area contributed by atoms with Crippen molar-refractivity contribution in [2.45, 2.75) is 20.0 Å². The first-order valence-electron chi connectivity index (χ1n) is 3.24. The molecule has 0 aliphatic rings. The fourth-order valence-electron chi connectivity index (χ4n) is 0.630. The van der Waals surface area contributed by atoms with E-state index in [2.05, 4.69) is 13.2 Å². The molecule has 0 radical (unpaired) electrons. The highest BCUT2D eigenvalue weighted by atomic mass is 16.3. The zero-order valence-corrected chi connectivity index (χ0v) is 6.59. The second kappa shape index (κ2) is 3.42. The van der Waals surface area contributed by atoms with Crippen LogP contribution in [0.3, 0.4) is 0 Å². The van der Waals surface area contributed by atoms with Gasteiger partial charge in [-0.15, -0.1) is 0 Å². The molecule has 0 aliphatic carbocycles. The maximum absolute atomic E-state index is 9.32. The van der Waals surface area contributed by atoms with Crippen LogP contribution in [0.1, 0.15) is 13.8 Å². The minimum atomic E-state index is -0.558. The molecule has 0 saturated heterocycles. The Morgan fingerprint density at radius 2 is 1.90 bits per heavy atom. The van der Waals surface area contributed by atoms with Crippen molar-refractivity contribution >= 4 is 0 Å². The first kappa shape index (κ1) is 9.24. The smallest absolute Gasteiger partial charge is 0.0824 e. The molecule has 0 bridgehead atoms. The summed E-state index contributed by atoms with van der Waals surface area (Å²) in [6.45, 7) is 10.7. The van der Waals surface area contributed by atoms with Gasteiger partial charge in [-0.05, 0) is 6.92 Å². The van der Waals surface area contributed by atoms with Gasteiger partial charge in [0.2, 0.25) is 0 Å². The molecule has 0 rings (SSSR count). The van der Waals surface area contributed by atoms with Crippen LogP contribution in [0.2, 0.25) is 0 Å². The first-order valence-corrected chi connectivity index (χ1v) is 3.24. The summed E-state index contributed by atoms with van der Waals surface area (Å²) in [7, 11) is 0. The number of aliphatic hydroxyl groups is 1. The molecule has 0 spiro atoms. The Morgan fingerprint density at radius 1 is 1.50 bits per heavy atom. The van der Waals surface area contributed by atoms with Crippen LogP contribution >= 0.6 is 0 Å². The molecule has 2 heteroatoms. The van der Waals surface area contributed by atoms with E-state index in [0.717, 1.165) is 5.57 Å². The standard InChI is InChI=1S/C8H15NO/c1-5(2)8(10)6(3)7(4)9/h6,8,10H,1,4,9H2,2-3H3. The zero-order chi connectivity index (χ0) is 8.31. The Morgan fingerprint density at radius 3 is 2.00 bits per heavy atom. The van der Waals surface area contributed by atoms with Gasteiger partial charge in [0.05, 0.1) is 6.10 Å². The van der Waals surface area contributed by atoms with Crippen LogP contribution in [0, 0.1) is 5.92 Å². The molecule has 2 nitrogen and oxygen atoms in total. The summed E-state index contributed by atoms with van der Waals surface area (Å²) in [5.41, 5.74) is 6.60. The zero-order valence-electron chi connectivity index (χ0n) is 6.59. The third-order valence-corrected chi connectivity index (χ3v) is 1.56. The Kier molecular flexibility index (Phi) is 3.16. The molecule has 0 aliphatic heterocycles. The average molecular weight is 141 g/mol. The van der Waals surface area contributed by atoms with Gasteiger partial charge in [0.15, 0.2) is 0 Å². The monoisotopic (exact) mass is 141 g/mol.